The second-order valence-corrected chi connectivity index (χ2v) is 0.163. The molecule has 0 aliphatic carbocycles. The van der Waals surface area contributed by atoms with Crippen LogP contribution in [-0.2, 0) is 0 Å². The number of rotatable bonds is 0. The quantitative estimate of drug-likeness (QED) is 0.271. The van der Waals surface area contributed by atoms with Crippen LogP contribution in [-0.4, -0.2) is 53.6 Å². The van der Waals surface area contributed by atoms with Crippen molar-refractivity contribution in [3.63, 3.8) is 0 Å². The van der Waals surface area contributed by atoms with E-state index in [0.717, 1.165) is 0 Å². The first kappa shape index (κ1) is 24.5. The molecule has 0 aromatic rings. The molecule has 0 aromatic heterocycles. The van der Waals surface area contributed by atoms with Gasteiger partial charge in [-0.1, -0.05) is 0 Å². The average Bonchev–Trinajstić information content (AvgIpc) is 1.39. The van der Waals surface area contributed by atoms with Crippen LogP contribution >= 0.6 is 0 Å². The van der Waals surface area contributed by atoms with Crippen LogP contribution in [0.2, 0.25) is 0 Å². The smallest absolute Gasteiger partial charge is 1.00 e. The van der Waals surface area contributed by atoms with Crippen molar-refractivity contribution in [2.75, 3.05) is 0 Å². The summed E-state index contributed by atoms with van der Waals surface area (Å²) in [5, 5.41) is 15.8. The molecule has 48 valence electrons. The van der Waals surface area contributed by atoms with Gasteiger partial charge in [0.15, 0.2) is 10.7 Å². The molecular formula is H6CaN2O5. The summed E-state index contributed by atoms with van der Waals surface area (Å²) in [4.78, 5) is 16.2. The summed E-state index contributed by atoms with van der Waals surface area (Å²) in [7, 11) is 0. The summed E-state index contributed by atoms with van der Waals surface area (Å²) in [6, 6.07) is 0. The van der Waals surface area contributed by atoms with Gasteiger partial charge in [0.05, 0.1) is 0 Å². The first-order chi connectivity index (χ1) is 2.83. The summed E-state index contributed by atoms with van der Waals surface area (Å²) < 4.78 is 0. The Balaban J connectivity index is -0.00000000571. The van der Waals surface area contributed by atoms with Gasteiger partial charge in [-0.2, -0.15) is 0 Å². The van der Waals surface area contributed by atoms with Crippen molar-refractivity contribution in [1.29, 1.82) is 0 Å². The minimum Gasteiger partial charge on any atom is -1.00 e. The predicted molar refractivity (Wildman–Crippen MR) is 26.8 cm³/mol. The zero-order chi connectivity index (χ0) is 5.41. The standard InChI is InChI=1S/Ca.2HNO2.H2O.2H/c;2*2-1-3;;;/h;2*(H,2,3);1H2;;/q+2;;;;2*-1. The van der Waals surface area contributed by atoms with E-state index in [1.54, 1.807) is 0 Å². The molecule has 0 radical (unpaired) electrons. The average molecular weight is 154 g/mol. The normalized spacial score (nSPS) is 3.00. The molecule has 4 N–H and O–H groups in total. The monoisotopic (exact) mass is 154 g/mol. The van der Waals surface area contributed by atoms with Crippen LogP contribution in [0.1, 0.15) is 2.85 Å². The fraction of sp³-hybridized carbons (Fsp3) is 0. The van der Waals surface area contributed by atoms with Crippen molar-refractivity contribution in [3.8, 4) is 0 Å². The van der Waals surface area contributed by atoms with Crippen molar-refractivity contribution >= 4 is 37.7 Å². The first-order valence-electron chi connectivity index (χ1n) is 0.765. The molecule has 0 fully saturated rings. The van der Waals surface area contributed by atoms with Gasteiger partial charge in [0.1, 0.15) is 0 Å². The summed E-state index contributed by atoms with van der Waals surface area (Å²) in [6.45, 7) is 0. The van der Waals surface area contributed by atoms with Gasteiger partial charge in [-0.15, -0.1) is 9.81 Å². The Morgan fingerprint density at radius 1 is 1.12 bits per heavy atom. The maximum absolute atomic E-state index is 8.11. The predicted octanol–water partition coefficient (Wildman–Crippen LogP) is -0.697. The van der Waals surface area contributed by atoms with Crippen LogP contribution < -0.4 is 0 Å². The van der Waals surface area contributed by atoms with Crippen molar-refractivity contribution < 1.29 is 18.7 Å². The Hall–Kier alpha value is 0.0197. The van der Waals surface area contributed by atoms with Crippen molar-refractivity contribution in [1.82, 2.24) is 0 Å². The fourth-order valence-electron chi connectivity index (χ4n) is 0. The minimum atomic E-state index is 0. The number of hydrogen-bond donors (Lipinski definition) is 2. The number of nitrogens with zero attached hydrogens (tertiary/aromatic N) is 2. The minimum absolute atomic E-state index is 0. The molecule has 0 unspecified atom stereocenters. The van der Waals surface area contributed by atoms with E-state index in [1.807, 2.05) is 0 Å². The number of hydrogen-bond acceptors (Lipinski definition) is 4. The molecule has 8 heteroatoms. The Morgan fingerprint density at radius 3 is 1.12 bits per heavy atom. The third kappa shape index (κ3) is 389000. The van der Waals surface area contributed by atoms with Crippen LogP contribution in [0, 0.1) is 9.81 Å². The second-order valence-electron chi connectivity index (χ2n) is 0.163. The molecule has 0 atom stereocenters. The van der Waals surface area contributed by atoms with Crippen molar-refractivity contribution in [2.24, 2.45) is 10.7 Å². The van der Waals surface area contributed by atoms with Crippen LogP contribution in [0.15, 0.2) is 10.7 Å². The van der Waals surface area contributed by atoms with E-state index < -0.39 is 0 Å². The van der Waals surface area contributed by atoms with Gasteiger partial charge in [-0.3, -0.25) is 0 Å². The molecule has 0 aliphatic heterocycles. The van der Waals surface area contributed by atoms with Gasteiger partial charge in [-0.05, 0) is 0 Å². The summed E-state index contributed by atoms with van der Waals surface area (Å²) >= 11 is 0. The molecule has 0 amide bonds. The van der Waals surface area contributed by atoms with E-state index >= 15 is 0 Å². The fourth-order valence-corrected chi connectivity index (χ4v) is 0. The van der Waals surface area contributed by atoms with Crippen LogP contribution in [0.25, 0.3) is 0 Å². The van der Waals surface area contributed by atoms with E-state index in [-0.39, 0.29) is 46.1 Å². The Labute approximate surface area is 76.8 Å². The summed E-state index contributed by atoms with van der Waals surface area (Å²) in [5.41, 5.74) is 0. The molecule has 7 nitrogen and oxygen atoms in total. The Morgan fingerprint density at radius 2 is 1.12 bits per heavy atom. The third-order valence-electron chi connectivity index (χ3n) is 0. The molecule has 0 bridgehead atoms. The zero-order valence-corrected chi connectivity index (χ0v) is 6.02. The van der Waals surface area contributed by atoms with E-state index in [9.17, 15) is 0 Å². The van der Waals surface area contributed by atoms with Gasteiger partial charge in [0, 0.05) is 0 Å². The molecule has 0 rings (SSSR count). The molecule has 0 heterocycles. The molecule has 0 aromatic carbocycles. The largest absolute Gasteiger partial charge is 2.00 e. The van der Waals surface area contributed by atoms with Gasteiger partial charge >= 0.3 is 37.7 Å². The van der Waals surface area contributed by atoms with Gasteiger partial charge in [0.2, 0.25) is 0 Å². The topological polar surface area (TPSA) is 131 Å². The van der Waals surface area contributed by atoms with Crippen LogP contribution in [0.3, 0.4) is 0 Å². The van der Waals surface area contributed by atoms with E-state index in [1.165, 1.54) is 10.7 Å². The van der Waals surface area contributed by atoms with E-state index in [2.05, 4.69) is 0 Å². The molecule has 0 saturated heterocycles. The maximum Gasteiger partial charge on any atom is 2.00 e. The van der Waals surface area contributed by atoms with Crippen molar-refractivity contribution in [3.05, 3.63) is 9.81 Å². The SMILES string of the molecule is O.O=NO.O=NO.[Ca+2].[H-].[H-]. The van der Waals surface area contributed by atoms with Gasteiger partial charge < -0.3 is 18.7 Å². The zero-order valence-electron chi connectivity index (χ0n) is 5.81. The third-order valence-corrected chi connectivity index (χ3v) is 0. The molecular weight excluding hydrogens is 148 g/mol. The first-order valence-corrected chi connectivity index (χ1v) is 0.765. The Bertz CT molecular complexity index is 38.6. The van der Waals surface area contributed by atoms with E-state index in [0.29, 0.717) is 0 Å². The molecule has 0 spiro atoms. The van der Waals surface area contributed by atoms with Crippen molar-refractivity contribution in [2.45, 2.75) is 0 Å². The molecule has 8 heavy (non-hydrogen) atoms. The van der Waals surface area contributed by atoms with Gasteiger partial charge in [-0.25, -0.2) is 0 Å². The molecule has 0 aliphatic rings. The van der Waals surface area contributed by atoms with E-state index in [4.69, 9.17) is 20.2 Å². The van der Waals surface area contributed by atoms with Gasteiger partial charge in [0.25, 0.3) is 0 Å². The Kier molecular flexibility index (Phi) is 191. The second kappa shape index (κ2) is 62.4. The van der Waals surface area contributed by atoms with Crippen LogP contribution in [0.4, 0.5) is 0 Å². The summed E-state index contributed by atoms with van der Waals surface area (Å²) in [5.74, 6) is 0. The molecule has 0 saturated carbocycles. The summed E-state index contributed by atoms with van der Waals surface area (Å²) in [6.07, 6.45) is 0. The van der Waals surface area contributed by atoms with Crippen LogP contribution in [0.5, 0.6) is 0 Å². The maximum atomic E-state index is 8.11.